The molecule has 0 N–H and O–H groups in total. The van der Waals surface area contributed by atoms with Gasteiger partial charge in [0.1, 0.15) is 0 Å². The number of rotatable bonds is 6. The van der Waals surface area contributed by atoms with Crippen molar-refractivity contribution in [2.45, 2.75) is 19.8 Å². The van der Waals surface area contributed by atoms with Crippen molar-refractivity contribution in [3.8, 4) is 0 Å². The topological polar surface area (TPSA) is 58.9 Å². The number of aryl methyl sites for hydroxylation is 1. The Kier molecular flexibility index (Phi) is 5.59. The fourth-order valence-electron chi connectivity index (χ4n) is 1.60. The summed E-state index contributed by atoms with van der Waals surface area (Å²) in [6, 6.07) is 6.11. The van der Waals surface area contributed by atoms with Crippen molar-refractivity contribution in [1.29, 1.82) is 0 Å². The van der Waals surface area contributed by atoms with E-state index in [1.807, 2.05) is 19.1 Å². The van der Waals surface area contributed by atoms with E-state index in [0.29, 0.717) is 13.1 Å². The van der Waals surface area contributed by atoms with Gasteiger partial charge in [-0.1, -0.05) is 18.2 Å². The summed E-state index contributed by atoms with van der Waals surface area (Å²) >= 11 is 0. The first-order valence-electron chi connectivity index (χ1n) is 5.43. The Bertz CT molecular complexity index is 470. The van der Waals surface area contributed by atoms with Crippen LogP contribution in [0.15, 0.2) is 28.2 Å². The van der Waals surface area contributed by atoms with Gasteiger partial charge in [0.05, 0.1) is 13.1 Å². The van der Waals surface area contributed by atoms with E-state index in [1.165, 1.54) is 17.7 Å². The average molecular weight is 230 g/mol. The van der Waals surface area contributed by atoms with Crippen LogP contribution in [-0.4, -0.2) is 25.2 Å². The molecule has 0 atom stereocenters. The van der Waals surface area contributed by atoms with Gasteiger partial charge in [-0.25, -0.2) is 19.6 Å². The monoisotopic (exact) mass is 230 g/mol. The minimum absolute atomic E-state index is 0.457. The van der Waals surface area contributed by atoms with Crippen LogP contribution >= 0.6 is 0 Å². The summed E-state index contributed by atoms with van der Waals surface area (Å²) in [6.07, 6.45) is 4.50. The van der Waals surface area contributed by atoms with E-state index >= 15 is 0 Å². The quantitative estimate of drug-likeness (QED) is 0.552. The van der Waals surface area contributed by atoms with E-state index in [1.54, 1.807) is 0 Å². The Morgan fingerprint density at radius 2 is 1.71 bits per heavy atom. The zero-order chi connectivity index (χ0) is 12.5. The maximum atomic E-state index is 9.98. The minimum atomic E-state index is 0.457. The van der Waals surface area contributed by atoms with E-state index in [2.05, 4.69) is 16.1 Å². The first-order valence-corrected chi connectivity index (χ1v) is 5.43. The standard InChI is InChI=1S/C13H14N2O2/c1-11-2-3-12(4-6-14-9-16)8-13(11)5-7-15-10-17/h2-3,8H,4-7H2,1H3. The van der Waals surface area contributed by atoms with Crippen LogP contribution in [0, 0.1) is 6.92 Å². The molecule has 0 heterocycles. The van der Waals surface area contributed by atoms with Gasteiger partial charge in [0, 0.05) is 0 Å². The molecule has 0 radical (unpaired) electrons. The molecule has 0 saturated heterocycles. The van der Waals surface area contributed by atoms with Crippen molar-refractivity contribution < 1.29 is 9.59 Å². The van der Waals surface area contributed by atoms with Crippen molar-refractivity contribution in [1.82, 2.24) is 0 Å². The lowest BCUT2D eigenvalue weighted by Gasteiger charge is -2.06. The van der Waals surface area contributed by atoms with Crippen molar-refractivity contribution >= 4 is 12.2 Å². The minimum Gasteiger partial charge on any atom is -0.211 e. The molecular formula is C13H14N2O2. The molecule has 0 aromatic heterocycles. The maximum absolute atomic E-state index is 9.98. The molecule has 1 aromatic carbocycles. The third kappa shape index (κ3) is 4.56. The lowest BCUT2D eigenvalue weighted by Crippen LogP contribution is -1.97. The zero-order valence-electron chi connectivity index (χ0n) is 9.77. The molecule has 0 aliphatic heterocycles. The summed E-state index contributed by atoms with van der Waals surface area (Å²) in [5.41, 5.74) is 3.46. The molecule has 1 rings (SSSR count). The highest BCUT2D eigenvalue weighted by Gasteiger charge is 2.00. The van der Waals surface area contributed by atoms with Crippen LogP contribution in [0.2, 0.25) is 0 Å². The number of benzene rings is 1. The lowest BCUT2D eigenvalue weighted by molar-refractivity contribution is 0.562. The molecule has 4 heteroatoms. The second kappa shape index (κ2) is 7.29. The number of hydrogen-bond donors (Lipinski definition) is 0. The Balaban J connectivity index is 2.71. The van der Waals surface area contributed by atoms with Crippen molar-refractivity contribution in [2.24, 2.45) is 9.98 Å². The summed E-state index contributed by atoms with van der Waals surface area (Å²) in [5.74, 6) is 0. The third-order valence-electron chi connectivity index (χ3n) is 2.55. The second-order valence-electron chi connectivity index (χ2n) is 3.71. The van der Waals surface area contributed by atoms with Gasteiger partial charge in [0.25, 0.3) is 0 Å². The van der Waals surface area contributed by atoms with Gasteiger partial charge in [-0.2, -0.15) is 0 Å². The third-order valence-corrected chi connectivity index (χ3v) is 2.55. The highest BCUT2D eigenvalue weighted by Crippen LogP contribution is 2.12. The summed E-state index contributed by atoms with van der Waals surface area (Å²) in [4.78, 5) is 27.0. The van der Waals surface area contributed by atoms with Crippen molar-refractivity contribution in [3.05, 3.63) is 34.9 Å². The van der Waals surface area contributed by atoms with Gasteiger partial charge < -0.3 is 0 Å². The summed E-state index contributed by atoms with van der Waals surface area (Å²) < 4.78 is 0. The van der Waals surface area contributed by atoms with Crippen LogP contribution in [0.4, 0.5) is 0 Å². The molecule has 0 fully saturated rings. The fourth-order valence-corrected chi connectivity index (χ4v) is 1.60. The molecule has 0 amide bonds. The summed E-state index contributed by atoms with van der Waals surface area (Å²) in [5, 5.41) is 0. The largest absolute Gasteiger partial charge is 0.234 e. The number of aliphatic imine (C=N–C) groups is 2. The van der Waals surface area contributed by atoms with E-state index in [9.17, 15) is 9.59 Å². The van der Waals surface area contributed by atoms with Gasteiger partial charge in [-0.05, 0) is 36.5 Å². The second-order valence-corrected chi connectivity index (χ2v) is 3.71. The van der Waals surface area contributed by atoms with Gasteiger partial charge in [0.2, 0.25) is 12.2 Å². The Morgan fingerprint density at radius 1 is 1.06 bits per heavy atom. The van der Waals surface area contributed by atoms with Crippen LogP contribution in [-0.2, 0) is 22.4 Å². The molecule has 0 unspecified atom stereocenters. The molecule has 0 saturated carbocycles. The molecular weight excluding hydrogens is 216 g/mol. The molecule has 0 bridgehead atoms. The predicted molar refractivity (Wildman–Crippen MR) is 64.6 cm³/mol. The number of hydrogen-bond acceptors (Lipinski definition) is 4. The Labute approximate surface area is 100 Å². The van der Waals surface area contributed by atoms with E-state index in [4.69, 9.17) is 0 Å². The van der Waals surface area contributed by atoms with Crippen molar-refractivity contribution in [2.75, 3.05) is 13.1 Å². The SMILES string of the molecule is Cc1ccc(CCN=C=O)cc1CCN=C=O. The first kappa shape index (κ1) is 13.0. The molecule has 0 spiro atoms. The molecule has 0 aliphatic carbocycles. The van der Waals surface area contributed by atoms with Crippen molar-refractivity contribution in [3.63, 3.8) is 0 Å². The Morgan fingerprint density at radius 3 is 2.35 bits per heavy atom. The molecule has 0 aliphatic rings. The number of carbonyl (C=O) groups excluding carboxylic acids is 2. The highest BCUT2D eigenvalue weighted by molar-refractivity contribution is 5.35. The fraction of sp³-hybridized carbons (Fsp3) is 0.385. The van der Waals surface area contributed by atoms with Gasteiger partial charge >= 0.3 is 0 Å². The normalized spacial score (nSPS) is 9.24. The summed E-state index contributed by atoms with van der Waals surface area (Å²) in [6.45, 7) is 2.94. The average Bonchev–Trinajstić information content (AvgIpc) is 2.33. The Hall–Kier alpha value is -2.02. The van der Waals surface area contributed by atoms with Crippen LogP contribution in [0.3, 0.4) is 0 Å². The van der Waals surface area contributed by atoms with E-state index in [-0.39, 0.29) is 0 Å². The van der Waals surface area contributed by atoms with E-state index in [0.717, 1.165) is 24.0 Å². The van der Waals surface area contributed by atoms with E-state index < -0.39 is 0 Å². The lowest BCUT2D eigenvalue weighted by atomic mass is 10.0. The van der Waals surface area contributed by atoms with Gasteiger partial charge in [-0.15, -0.1) is 0 Å². The highest BCUT2D eigenvalue weighted by atomic mass is 16.1. The van der Waals surface area contributed by atoms with Gasteiger partial charge in [0.15, 0.2) is 0 Å². The number of nitrogens with zero attached hydrogens (tertiary/aromatic N) is 2. The van der Waals surface area contributed by atoms with Crippen LogP contribution in [0.1, 0.15) is 16.7 Å². The van der Waals surface area contributed by atoms with Gasteiger partial charge in [-0.3, -0.25) is 0 Å². The van der Waals surface area contributed by atoms with Crippen LogP contribution in [0.25, 0.3) is 0 Å². The first-order chi connectivity index (χ1) is 8.27. The van der Waals surface area contributed by atoms with Crippen LogP contribution < -0.4 is 0 Å². The molecule has 1 aromatic rings. The molecule has 88 valence electrons. The number of isocyanates is 2. The summed E-state index contributed by atoms with van der Waals surface area (Å²) in [7, 11) is 0. The molecule has 4 nitrogen and oxygen atoms in total. The zero-order valence-corrected chi connectivity index (χ0v) is 9.77. The maximum Gasteiger partial charge on any atom is 0.234 e. The predicted octanol–water partition coefficient (Wildman–Crippen LogP) is 1.75. The molecule has 17 heavy (non-hydrogen) atoms. The smallest absolute Gasteiger partial charge is 0.211 e. The van der Waals surface area contributed by atoms with Crippen LogP contribution in [0.5, 0.6) is 0 Å².